The second kappa shape index (κ2) is 6.55. The Morgan fingerprint density at radius 2 is 1.78 bits per heavy atom. The minimum atomic E-state index is -4.10. The fraction of sp³-hybridized carbons (Fsp3) is 0.0714. The highest BCUT2D eigenvalue weighted by Crippen LogP contribution is 2.15. The normalized spacial score (nSPS) is 11.0. The van der Waals surface area contributed by atoms with Crippen molar-refractivity contribution in [3.63, 3.8) is 0 Å². The first kappa shape index (κ1) is 16.6. The van der Waals surface area contributed by atoms with Gasteiger partial charge in [-0.3, -0.25) is 15.2 Å². The Hall–Kier alpha value is -2.78. The minimum absolute atomic E-state index is 0.131. The van der Waals surface area contributed by atoms with E-state index in [0.29, 0.717) is 5.56 Å². The average Bonchev–Trinajstić information content (AvgIpc) is 2.53. The molecule has 0 aliphatic carbocycles. The molecule has 2 aromatic rings. The van der Waals surface area contributed by atoms with Crippen LogP contribution in [0.15, 0.2) is 47.6 Å². The number of rotatable bonds is 5. The maximum atomic E-state index is 12.1. The number of hydrazine groups is 1. The molecule has 0 atom stereocenters. The van der Waals surface area contributed by atoms with E-state index < -0.39 is 21.9 Å². The molecule has 2 rings (SSSR count). The highest BCUT2D eigenvalue weighted by molar-refractivity contribution is 7.89. The Morgan fingerprint density at radius 1 is 1.13 bits per heavy atom. The third kappa shape index (κ3) is 3.90. The molecule has 0 saturated heterocycles. The smallest absolute Gasteiger partial charge is 0.335 e. The quantitative estimate of drug-likeness (QED) is 0.691. The number of pyridine rings is 1. The molecule has 0 bridgehead atoms. The topological polar surface area (TPSA) is 125 Å². The van der Waals surface area contributed by atoms with Gasteiger partial charge in [-0.25, -0.2) is 13.2 Å². The number of sulfonamides is 1. The molecule has 8 nitrogen and oxygen atoms in total. The number of carbonyl (C=O) groups excluding carboxylic acids is 1. The molecule has 0 aliphatic heterocycles. The number of carboxylic acids is 1. The van der Waals surface area contributed by atoms with Crippen LogP contribution < -0.4 is 10.3 Å². The number of hydrogen-bond donors (Lipinski definition) is 3. The summed E-state index contributed by atoms with van der Waals surface area (Å²) in [6.07, 6.45) is 2.78. The molecule has 1 aromatic heterocycles. The maximum absolute atomic E-state index is 12.1. The van der Waals surface area contributed by atoms with E-state index in [2.05, 4.69) is 4.98 Å². The Kier molecular flexibility index (Phi) is 4.72. The van der Waals surface area contributed by atoms with E-state index in [1.54, 1.807) is 6.92 Å². The summed E-state index contributed by atoms with van der Waals surface area (Å²) in [7, 11) is -4.10. The van der Waals surface area contributed by atoms with Gasteiger partial charge in [0.1, 0.15) is 0 Å². The molecule has 23 heavy (non-hydrogen) atoms. The molecular formula is C14H13N3O5S. The summed E-state index contributed by atoms with van der Waals surface area (Å²) in [5.74, 6) is -1.90. The lowest BCUT2D eigenvalue weighted by Gasteiger charge is -2.10. The molecule has 0 aliphatic rings. The number of aromatic nitrogens is 1. The number of benzene rings is 1. The van der Waals surface area contributed by atoms with Gasteiger partial charge in [-0.2, -0.15) is 0 Å². The molecule has 1 amide bonds. The van der Waals surface area contributed by atoms with Crippen LogP contribution in [0.2, 0.25) is 0 Å². The first-order valence-corrected chi connectivity index (χ1v) is 7.86. The molecular weight excluding hydrogens is 322 g/mol. The van der Waals surface area contributed by atoms with Crippen molar-refractivity contribution < 1.29 is 23.1 Å². The van der Waals surface area contributed by atoms with Crippen molar-refractivity contribution in [1.82, 2.24) is 15.2 Å². The summed E-state index contributed by atoms with van der Waals surface area (Å²) in [6, 6.07) is 6.49. The molecule has 9 heteroatoms. The van der Waals surface area contributed by atoms with E-state index >= 15 is 0 Å². The summed E-state index contributed by atoms with van der Waals surface area (Å²) in [5, 5.41) is 9.03. The standard InChI is InChI=1S/C14H13N3O5S/c1-9-2-3-11(8-12(9)14(19)20)23(21,22)17-16-13(18)10-4-6-15-7-5-10/h2-8,17H,1H3,(H,16,18)(H,19,20). The van der Waals surface area contributed by atoms with Crippen molar-refractivity contribution in [3.8, 4) is 0 Å². The van der Waals surface area contributed by atoms with Gasteiger partial charge in [0.05, 0.1) is 10.5 Å². The Labute approximate surface area is 132 Å². The zero-order valence-corrected chi connectivity index (χ0v) is 12.8. The lowest BCUT2D eigenvalue weighted by molar-refractivity contribution is 0.0695. The zero-order valence-electron chi connectivity index (χ0n) is 12.0. The van der Waals surface area contributed by atoms with Gasteiger partial charge in [-0.05, 0) is 36.8 Å². The van der Waals surface area contributed by atoms with E-state index in [1.165, 1.54) is 36.7 Å². The fourth-order valence-corrected chi connectivity index (χ4v) is 2.61. The van der Waals surface area contributed by atoms with Crippen LogP contribution in [0.4, 0.5) is 0 Å². The van der Waals surface area contributed by atoms with Crippen LogP contribution in [-0.2, 0) is 10.0 Å². The average molecular weight is 335 g/mol. The van der Waals surface area contributed by atoms with Crippen molar-refractivity contribution in [3.05, 3.63) is 59.4 Å². The number of nitrogens with one attached hydrogen (secondary N) is 2. The van der Waals surface area contributed by atoms with E-state index in [1.807, 2.05) is 10.3 Å². The molecule has 120 valence electrons. The number of carboxylic acid groups (broad SMARTS) is 1. The van der Waals surface area contributed by atoms with Crippen molar-refractivity contribution in [2.75, 3.05) is 0 Å². The van der Waals surface area contributed by atoms with Crippen molar-refractivity contribution in [2.45, 2.75) is 11.8 Å². The van der Waals surface area contributed by atoms with Crippen LogP contribution in [-0.4, -0.2) is 30.4 Å². The van der Waals surface area contributed by atoms with Crippen LogP contribution in [0.5, 0.6) is 0 Å². The molecule has 1 heterocycles. The summed E-state index contributed by atoms with van der Waals surface area (Å²) in [6.45, 7) is 1.55. The van der Waals surface area contributed by atoms with Gasteiger partial charge in [0.25, 0.3) is 15.9 Å². The molecule has 0 spiro atoms. The highest BCUT2D eigenvalue weighted by Gasteiger charge is 2.18. The van der Waals surface area contributed by atoms with Crippen LogP contribution in [0.1, 0.15) is 26.3 Å². The van der Waals surface area contributed by atoms with Gasteiger partial charge in [0, 0.05) is 18.0 Å². The lowest BCUT2D eigenvalue weighted by atomic mass is 10.1. The van der Waals surface area contributed by atoms with Gasteiger partial charge in [-0.15, -0.1) is 4.83 Å². The SMILES string of the molecule is Cc1ccc(S(=O)(=O)NNC(=O)c2ccncc2)cc1C(=O)O. The van der Waals surface area contributed by atoms with Crippen molar-refractivity contribution in [1.29, 1.82) is 0 Å². The summed E-state index contributed by atoms with van der Waals surface area (Å²) in [4.78, 5) is 28.2. The predicted molar refractivity (Wildman–Crippen MR) is 80.2 cm³/mol. The predicted octanol–water partition coefficient (Wildman–Crippen LogP) is 0.712. The van der Waals surface area contributed by atoms with Gasteiger partial charge >= 0.3 is 5.97 Å². The van der Waals surface area contributed by atoms with E-state index in [-0.39, 0.29) is 16.0 Å². The molecule has 0 fully saturated rings. The Balaban J connectivity index is 2.18. The second-order valence-electron chi connectivity index (χ2n) is 4.58. The van der Waals surface area contributed by atoms with Gasteiger partial charge in [0.2, 0.25) is 0 Å². The molecule has 3 N–H and O–H groups in total. The highest BCUT2D eigenvalue weighted by atomic mass is 32.2. The fourth-order valence-electron chi connectivity index (χ4n) is 1.75. The summed E-state index contributed by atoms with van der Waals surface area (Å²) >= 11 is 0. The Morgan fingerprint density at radius 3 is 2.39 bits per heavy atom. The maximum Gasteiger partial charge on any atom is 0.335 e. The zero-order chi connectivity index (χ0) is 17.0. The van der Waals surface area contributed by atoms with Crippen molar-refractivity contribution >= 4 is 21.9 Å². The Bertz CT molecular complexity index is 850. The van der Waals surface area contributed by atoms with Gasteiger partial charge in [-0.1, -0.05) is 6.07 Å². The molecule has 1 aromatic carbocycles. The number of aryl methyl sites for hydroxylation is 1. The summed E-state index contributed by atoms with van der Waals surface area (Å²) < 4.78 is 24.2. The first-order valence-electron chi connectivity index (χ1n) is 6.37. The molecule has 0 radical (unpaired) electrons. The lowest BCUT2D eigenvalue weighted by Crippen LogP contribution is -2.41. The van der Waals surface area contributed by atoms with E-state index in [0.717, 1.165) is 6.07 Å². The number of aromatic carboxylic acids is 1. The molecule has 0 unspecified atom stereocenters. The number of hydrogen-bond acceptors (Lipinski definition) is 5. The first-order chi connectivity index (χ1) is 10.8. The van der Waals surface area contributed by atoms with E-state index in [4.69, 9.17) is 5.11 Å². The third-order valence-electron chi connectivity index (χ3n) is 2.99. The third-order valence-corrected chi connectivity index (χ3v) is 4.24. The monoisotopic (exact) mass is 335 g/mol. The van der Waals surface area contributed by atoms with Crippen LogP contribution in [0.25, 0.3) is 0 Å². The summed E-state index contributed by atoms with van der Waals surface area (Å²) in [5.41, 5.74) is 2.57. The number of carbonyl (C=O) groups is 2. The van der Waals surface area contributed by atoms with Crippen molar-refractivity contribution in [2.24, 2.45) is 0 Å². The molecule has 0 saturated carbocycles. The number of nitrogens with zero attached hydrogens (tertiary/aromatic N) is 1. The van der Waals surface area contributed by atoms with Gasteiger partial charge < -0.3 is 5.11 Å². The van der Waals surface area contributed by atoms with Crippen LogP contribution in [0, 0.1) is 6.92 Å². The number of amides is 1. The van der Waals surface area contributed by atoms with Gasteiger partial charge in [0.15, 0.2) is 0 Å². The largest absolute Gasteiger partial charge is 0.478 e. The van der Waals surface area contributed by atoms with Crippen LogP contribution in [0.3, 0.4) is 0 Å². The minimum Gasteiger partial charge on any atom is -0.478 e. The van der Waals surface area contributed by atoms with E-state index in [9.17, 15) is 18.0 Å². The second-order valence-corrected chi connectivity index (χ2v) is 6.26. The van der Waals surface area contributed by atoms with Crippen LogP contribution >= 0.6 is 0 Å².